The van der Waals surface area contributed by atoms with Crippen LogP contribution in [0.5, 0.6) is 23.1 Å². The third kappa shape index (κ3) is 4.75. The molecule has 5 rings (SSSR count). The Bertz CT molecular complexity index is 1590. The van der Waals surface area contributed by atoms with Crippen LogP contribution in [0.15, 0.2) is 54.6 Å². The zero-order valence-electron chi connectivity index (χ0n) is 20.7. The Labute approximate surface area is 217 Å². The Morgan fingerprint density at radius 1 is 0.973 bits per heavy atom. The number of aromatic nitrogens is 3. The number of carbonyl (C=O) groups is 1. The summed E-state index contributed by atoms with van der Waals surface area (Å²) >= 11 is 1.15. The number of hydrogen-bond acceptors (Lipinski definition) is 8. The third-order valence-corrected chi connectivity index (χ3v) is 6.44. The number of hydrogen-bond donors (Lipinski definition) is 1. The van der Waals surface area contributed by atoms with E-state index in [2.05, 4.69) is 8.75 Å². The van der Waals surface area contributed by atoms with E-state index in [9.17, 15) is 9.90 Å². The molecule has 0 radical (unpaired) electrons. The molecule has 0 saturated carbocycles. The van der Waals surface area contributed by atoms with E-state index >= 15 is 0 Å². The van der Waals surface area contributed by atoms with Crippen molar-refractivity contribution in [1.29, 1.82) is 0 Å². The van der Waals surface area contributed by atoms with Crippen molar-refractivity contribution in [2.45, 2.75) is 26.5 Å². The lowest BCUT2D eigenvalue weighted by molar-refractivity contribution is 0.141. The van der Waals surface area contributed by atoms with Gasteiger partial charge in [-0.15, -0.1) is 0 Å². The van der Waals surface area contributed by atoms with Gasteiger partial charge in [-0.3, -0.25) is 0 Å². The van der Waals surface area contributed by atoms with E-state index < -0.39 is 6.16 Å². The molecule has 0 atom stereocenters. The van der Waals surface area contributed by atoms with Gasteiger partial charge < -0.3 is 28.6 Å². The normalized spacial score (nSPS) is 11.3. The maximum absolute atomic E-state index is 11.9. The van der Waals surface area contributed by atoms with Gasteiger partial charge in [-0.2, -0.15) is 8.75 Å². The number of methoxy groups -OCH3 is 2. The van der Waals surface area contributed by atoms with E-state index in [-0.39, 0.29) is 12.0 Å². The van der Waals surface area contributed by atoms with Gasteiger partial charge in [0.15, 0.2) is 11.5 Å². The van der Waals surface area contributed by atoms with E-state index in [0.29, 0.717) is 29.4 Å². The van der Waals surface area contributed by atoms with E-state index in [1.807, 2.05) is 73.0 Å². The first-order chi connectivity index (χ1) is 17.9. The smallest absolute Gasteiger partial charge is 0.497 e. The van der Waals surface area contributed by atoms with Crippen molar-refractivity contribution in [2.75, 3.05) is 14.2 Å². The molecule has 0 aliphatic carbocycles. The van der Waals surface area contributed by atoms with Crippen LogP contribution in [-0.2, 0) is 6.54 Å². The summed E-state index contributed by atoms with van der Waals surface area (Å²) in [5.74, 6) is 1.95. The van der Waals surface area contributed by atoms with Gasteiger partial charge in [-0.05, 0) is 55.3 Å². The van der Waals surface area contributed by atoms with Crippen LogP contribution in [0, 0.1) is 0 Å². The zero-order chi connectivity index (χ0) is 26.1. The molecule has 1 N–H and O–H groups in total. The Balaban J connectivity index is 1.79. The van der Waals surface area contributed by atoms with Crippen molar-refractivity contribution < 1.29 is 28.8 Å². The molecular formula is C27H25N3O6S. The van der Waals surface area contributed by atoms with Crippen molar-refractivity contribution in [3.05, 3.63) is 60.2 Å². The zero-order valence-corrected chi connectivity index (χ0v) is 21.5. The van der Waals surface area contributed by atoms with Crippen molar-refractivity contribution in [3.8, 4) is 34.3 Å². The molecule has 0 bridgehead atoms. The molecule has 37 heavy (non-hydrogen) atoms. The highest BCUT2D eigenvalue weighted by Gasteiger charge is 2.25. The van der Waals surface area contributed by atoms with Crippen LogP contribution < -0.4 is 18.9 Å². The molecule has 0 unspecified atom stereocenters. The fraction of sp³-hybridized carbons (Fsp3) is 0.222. The third-order valence-electron chi connectivity index (χ3n) is 5.89. The summed E-state index contributed by atoms with van der Waals surface area (Å²) < 4.78 is 32.9. The fourth-order valence-corrected chi connectivity index (χ4v) is 4.85. The average Bonchev–Trinajstić information content (AvgIpc) is 3.45. The first-order valence-corrected chi connectivity index (χ1v) is 12.3. The highest BCUT2D eigenvalue weighted by Crippen LogP contribution is 2.45. The van der Waals surface area contributed by atoms with E-state index in [4.69, 9.17) is 18.9 Å². The molecule has 2 aromatic heterocycles. The molecule has 0 aliphatic heterocycles. The minimum Gasteiger partial charge on any atom is -0.497 e. The minimum atomic E-state index is -1.41. The summed E-state index contributed by atoms with van der Waals surface area (Å²) in [4.78, 5) is 11.9. The highest BCUT2D eigenvalue weighted by atomic mass is 32.1. The second-order valence-corrected chi connectivity index (χ2v) is 9.17. The number of benzene rings is 3. The van der Waals surface area contributed by atoms with Crippen LogP contribution in [0.25, 0.3) is 33.1 Å². The van der Waals surface area contributed by atoms with E-state index in [1.165, 1.54) is 0 Å². The summed E-state index contributed by atoms with van der Waals surface area (Å²) in [6.07, 6.45) is -1.51. The maximum atomic E-state index is 11.9. The average molecular weight is 520 g/mol. The lowest BCUT2D eigenvalue weighted by atomic mass is 10.0. The molecule has 9 nitrogen and oxygen atoms in total. The summed E-state index contributed by atoms with van der Waals surface area (Å²) in [5.41, 5.74) is 4.61. The first-order valence-electron chi connectivity index (χ1n) is 11.5. The van der Waals surface area contributed by atoms with Gasteiger partial charge in [0, 0.05) is 11.5 Å². The Morgan fingerprint density at radius 2 is 1.73 bits per heavy atom. The fourth-order valence-electron chi connectivity index (χ4n) is 4.33. The number of fused-ring (bicyclic) bond motifs is 2. The van der Waals surface area contributed by atoms with Crippen LogP contribution in [0.3, 0.4) is 0 Å². The number of rotatable bonds is 8. The topological polar surface area (TPSA) is 105 Å². The van der Waals surface area contributed by atoms with Crippen molar-refractivity contribution in [3.63, 3.8) is 0 Å². The molecule has 0 amide bonds. The molecule has 10 heteroatoms. The summed E-state index contributed by atoms with van der Waals surface area (Å²) in [6.45, 7) is 4.19. The maximum Gasteiger partial charge on any atom is 0.512 e. The minimum absolute atomic E-state index is 0.0925. The number of ether oxygens (including phenoxy) is 4. The van der Waals surface area contributed by atoms with E-state index in [0.717, 1.165) is 44.8 Å². The molecule has 0 spiro atoms. The van der Waals surface area contributed by atoms with Crippen molar-refractivity contribution in [1.82, 2.24) is 13.3 Å². The molecular weight excluding hydrogens is 494 g/mol. The number of nitrogens with zero attached hydrogens (tertiary/aromatic N) is 3. The number of carboxylic acid groups (broad SMARTS) is 1. The summed E-state index contributed by atoms with van der Waals surface area (Å²) in [7, 11) is 3.17. The van der Waals surface area contributed by atoms with Gasteiger partial charge in [0.25, 0.3) is 0 Å². The second-order valence-electron chi connectivity index (χ2n) is 8.64. The largest absolute Gasteiger partial charge is 0.512 e. The second kappa shape index (κ2) is 9.98. The van der Waals surface area contributed by atoms with Gasteiger partial charge in [0.2, 0.25) is 5.88 Å². The summed E-state index contributed by atoms with van der Waals surface area (Å²) in [5, 5.41) is 10.5. The molecule has 0 fully saturated rings. The van der Waals surface area contributed by atoms with Gasteiger partial charge in [-0.25, -0.2) is 4.79 Å². The molecule has 0 aliphatic rings. The molecule has 2 heterocycles. The molecule has 3 aromatic carbocycles. The van der Waals surface area contributed by atoms with Gasteiger partial charge >= 0.3 is 6.16 Å². The Morgan fingerprint density at radius 3 is 2.41 bits per heavy atom. The lowest BCUT2D eigenvalue weighted by Crippen LogP contribution is -2.10. The van der Waals surface area contributed by atoms with Crippen LogP contribution in [0.4, 0.5) is 4.79 Å². The quantitative estimate of drug-likeness (QED) is 0.241. The van der Waals surface area contributed by atoms with Gasteiger partial charge in [0.1, 0.15) is 16.8 Å². The lowest BCUT2D eigenvalue weighted by Gasteiger charge is -2.15. The molecule has 5 aromatic rings. The Kier molecular flexibility index (Phi) is 6.58. The predicted molar refractivity (Wildman–Crippen MR) is 141 cm³/mol. The van der Waals surface area contributed by atoms with Crippen LogP contribution in [0.2, 0.25) is 0 Å². The standard InChI is InChI=1S/C27H25N3O6S/c1-15(2)35-24-13-22-19(12-23(24)34-4)25(17-6-8-18(33-3)9-7-17)26(36-27(31)32)30(22)14-16-5-10-20-21(11-16)29-37-28-20/h5-13,15H,14H2,1-4H3,(H,31,32). The van der Waals surface area contributed by atoms with Crippen LogP contribution in [-0.4, -0.2) is 44.9 Å². The van der Waals surface area contributed by atoms with Gasteiger partial charge in [0.05, 0.1) is 49.7 Å². The van der Waals surface area contributed by atoms with Gasteiger partial charge in [-0.1, -0.05) is 18.2 Å². The van der Waals surface area contributed by atoms with Crippen molar-refractivity contribution >= 4 is 39.8 Å². The first kappa shape index (κ1) is 24.4. The van der Waals surface area contributed by atoms with Crippen molar-refractivity contribution in [2.24, 2.45) is 0 Å². The summed E-state index contributed by atoms with van der Waals surface area (Å²) in [6, 6.07) is 16.9. The van der Waals surface area contributed by atoms with Crippen LogP contribution >= 0.6 is 11.7 Å². The van der Waals surface area contributed by atoms with Crippen LogP contribution in [0.1, 0.15) is 19.4 Å². The monoisotopic (exact) mass is 519 g/mol. The highest BCUT2D eigenvalue weighted by molar-refractivity contribution is 7.00. The molecule has 0 saturated heterocycles. The SMILES string of the molecule is COc1ccc(-c2c(OC(=O)O)n(Cc3ccc4nsnc4c3)c3cc(OC(C)C)c(OC)cc23)cc1. The molecule has 190 valence electrons. The predicted octanol–water partition coefficient (Wildman–Crippen LogP) is 6.22. The Hall–Kier alpha value is -4.31. The van der Waals surface area contributed by atoms with E-state index in [1.54, 1.807) is 14.2 Å².